The first-order chi connectivity index (χ1) is 8.00. The third-order valence-electron chi connectivity index (χ3n) is 2.75. The molecular formula is C13H19N3O. The molecule has 0 radical (unpaired) electrons. The number of benzene rings is 1. The lowest BCUT2D eigenvalue weighted by molar-refractivity contribution is 0.526. The fourth-order valence-electron chi connectivity index (χ4n) is 1.93. The van der Waals surface area contributed by atoms with Crippen LogP contribution in [-0.2, 0) is 0 Å². The molecule has 17 heavy (non-hydrogen) atoms. The van der Waals surface area contributed by atoms with Crippen LogP contribution in [0.4, 0.5) is 5.69 Å². The van der Waals surface area contributed by atoms with E-state index in [1.54, 1.807) is 0 Å². The first-order valence-corrected chi connectivity index (χ1v) is 5.86. The van der Waals surface area contributed by atoms with Crippen molar-refractivity contribution < 1.29 is 4.42 Å². The maximum Gasteiger partial charge on any atom is 0.192 e. The molecule has 0 unspecified atom stereocenters. The summed E-state index contributed by atoms with van der Waals surface area (Å²) in [5.74, 6) is 0.693. The lowest BCUT2D eigenvalue weighted by atomic mass is 10.0. The third-order valence-corrected chi connectivity index (χ3v) is 2.75. The number of oxazole rings is 1. The second-order valence-electron chi connectivity index (χ2n) is 4.96. The molecule has 2 aromatic rings. The topological polar surface area (TPSA) is 64.1 Å². The van der Waals surface area contributed by atoms with Crippen LogP contribution in [-0.4, -0.2) is 17.1 Å². The number of anilines is 1. The molecule has 0 saturated heterocycles. The van der Waals surface area contributed by atoms with Crippen LogP contribution < -0.4 is 11.1 Å². The van der Waals surface area contributed by atoms with Crippen LogP contribution in [0, 0.1) is 6.92 Å². The zero-order valence-electron chi connectivity index (χ0n) is 10.6. The van der Waals surface area contributed by atoms with Gasteiger partial charge in [0.1, 0.15) is 5.52 Å². The summed E-state index contributed by atoms with van der Waals surface area (Å²) in [6, 6.07) is 5.95. The molecule has 1 heterocycles. The van der Waals surface area contributed by atoms with Gasteiger partial charge in [-0.05, 0) is 45.0 Å². The van der Waals surface area contributed by atoms with E-state index in [1.165, 1.54) is 0 Å². The fraction of sp³-hybridized carbons (Fsp3) is 0.462. The van der Waals surface area contributed by atoms with Gasteiger partial charge in [-0.3, -0.25) is 0 Å². The maximum atomic E-state index is 5.59. The summed E-state index contributed by atoms with van der Waals surface area (Å²) in [7, 11) is 0. The van der Waals surface area contributed by atoms with Gasteiger partial charge in [-0.25, -0.2) is 4.98 Å². The van der Waals surface area contributed by atoms with Crippen molar-refractivity contribution in [3.63, 3.8) is 0 Å². The van der Waals surface area contributed by atoms with E-state index in [9.17, 15) is 0 Å². The first-order valence-electron chi connectivity index (χ1n) is 5.86. The van der Waals surface area contributed by atoms with Crippen LogP contribution in [0.2, 0.25) is 0 Å². The van der Waals surface area contributed by atoms with Gasteiger partial charge in [-0.15, -0.1) is 0 Å². The molecule has 0 saturated carbocycles. The molecular weight excluding hydrogens is 214 g/mol. The van der Waals surface area contributed by atoms with Crippen molar-refractivity contribution in [3.05, 3.63) is 24.1 Å². The zero-order valence-corrected chi connectivity index (χ0v) is 10.6. The monoisotopic (exact) mass is 233 g/mol. The Bertz CT molecular complexity index is 516. The Morgan fingerprint density at radius 2 is 2.18 bits per heavy atom. The van der Waals surface area contributed by atoms with Crippen molar-refractivity contribution in [1.82, 2.24) is 4.98 Å². The largest absolute Gasteiger partial charge is 0.441 e. The van der Waals surface area contributed by atoms with Gasteiger partial charge >= 0.3 is 0 Å². The Balaban J connectivity index is 2.24. The number of aryl methyl sites for hydroxylation is 1. The standard InChI is InChI=1S/C13H19N3O/c1-9-15-11-8-10(4-5-12(11)17-9)16-13(2,3)6-7-14/h4-5,8,16H,6-7,14H2,1-3H3. The van der Waals surface area contributed by atoms with Crippen LogP contribution in [0.3, 0.4) is 0 Å². The molecule has 0 spiro atoms. The molecule has 0 atom stereocenters. The van der Waals surface area contributed by atoms with Crippen molar-refractivity contribution in [2.24, 2.45) is 5.73 Å². The number of hydrogen-bond acceptors (Lipinski definition) is 4. The first kappa shape index (κ1) is 11.9. The van der Waals surface area contributed by atoms with Gasteiger partial charge in [0, 0.05) is 18.2 Å². The highest BCUT2D eigenvalue weighted by Gasteiger charge is 2.16. The molecule has 0 aliphatic heterocycles. The van der Waals surface area contributed by atoms with E-state index in [4.69, 9.17) is 10.2 Å². The number of rotatable bonds is 4. The van der Waals surface area contributed by atoms with Crippen molar-refractivity contribution in [3.8, 4) is 0 Å². The van der Waals surface area contributed by atoms with Crippen LogP contribution in [0.15, 0.2) is 22.6 Å². The molecule has 92 valence electrons. The molecule has 2 rings (SSSR count). The van der Waals surface area contributed by atoms with Gasteiger partial charge in [0.25, 0.3) is 0 Å². The Labute approximate surface area is 101 Å². The predicted octanol–water partition coefficient (Wildman–Crippen LogP) is 2.68. The van der Waals surface area contributed by atoms with Crippen LogP contribution in [0.5, 0.6) is 0 Å². The van der Waals surface area contributed by atoms with Gasteiger partial charge in [0.2, 0.25) is 0 Å². The Kier molecular flexibility index (Phi) is 3.07. The third kappa shape index (κ3) is 2.77. The smallest absolute Gasteiger partial charge is 0.192 e. The predicted molar refractivity (Wildman–Crippen MR) is 70.1 cm³/mol. The average Bonchev–Trinajstić information content (AvgIpc) is 2.56. The summed E-state index contributed by atoms with van der Waals surface area (Å²) >= 11 is 0. The molecule has 0 aliphatic carbocycles. The molecule has 4 heteroatoms. The van der Waals surface area contributed by atoms with E-state index < -0.39 is 0 Å². The summed E-state index contributed by atoms with van der Waals surface area (Å²) < 4.78 is 5.44. The van der Waals surface area contributed by atoms with Gasteiger partial charge in [0.15, 0.2) is 11.5 Å². The van der Waals surface area contributed by atoms with Gasteiger partial charge in [-0.1, -0.05) is 0 Å². The van der Waals surface area contributed by atoms with E-state index in [1.807, 2.05) is 25.1 Å². The quantitative estimate of drug-likeness (QED) is 0.852. The number of nitrogens with zero attached hydrogens (tertiary/aromatic N) is 1. The fourth-order valence-corrected chi connectivity index (χ4v) is 1.93. The lowest BCUT2D eigenvalue weighted by Gasteiger charge is -2.26. The van der Waals surface area contributed by atoms with E-state index in [0.29, 0.717) is 12.4 Å². The molecule has 1 aromatic heterocycles. The minimum absolute atomic E-state index is 0.0127. The average molecular weight is 233 g/mol. The normalized spacial score (nSPS) is 12.0. The summed E-state index contributed by atoms with van der Waals surface area (Å²) in [5, 5.41) is 3.46. The number of hydrogen-bond donors (Lipinski definition) is 2. The highest BCUT2D eigenvalue weighted by molar-refractivity contribution is 5.77. The van der Waals surface area contributed by atoms with Crippen molar-refractivity contribution in [1.29, 1.82) is 0 Å². The Morgan fingerprint density at radius 1 is 1.41 bits per heavy atom. The summed E-state index contributed by atoms with van der Waals surface area (Å²) in [4.78, 5) is 4.32. The van der Waals surface area contributed by atoms with E-state index in [0.717, 1.165) is 23.2 Å². The minimum Gasteiger partial charge on any atom is -0.441 e. The summed E-state index contributed by atoms with van der Waals surface area (Å²) in [5.41, 5.74) is 8.34. The highest BCUT2D eigenvalue weighted by Crippen LogP contribution is 2.23. The number of nitrogens with one attached hydrogen (secondary N) is 1. The van der Waals surface area contributed by atoms with Crippen molar-refractivity contribution in [2.45, 2.75) is 32.7 Å². The van der Waals surface area contributed by atoms with Gasteiger partial charge in [-0.2, -0.15) is 0 Å². The molecule has 4 nitrogen and oxygen atoms in total. The summed E-state index contributed by atoms with van der Waals surface area (Å²) in [6.45, 7) is 6.80. The highest BCUT2D eigenvalue weighted by atomic mass is 16.3. The molecule has 0 aliphatic rings. The van der Waals surface area contributed by atoms with E-state index in [2.05, 4.69) is 24.1 Å². The number of aromatic nitrogens is 1. The molecule has 0 amide bonds. The molecule has 0 bridgehead atoms. The van der Waals surface area contributed by atoms with Gasteiger partial charge < -0.3 is 15.5 Å². The summed E-state index contributed by atoms with van der Waals surface area (Å²) in [6.07, 6.45) is 0.920. The number of fused-ring (bicyclic) bond motifs is 1. The number of nitrogens with two attached hydrogens (primary N) is 1. The zero-order chi connectivity index (χ0) is 12.5. The van der Waals surface area contributed by atoms with Crippen LogP contribution >= 0.6 is 0 Å². The van der Waals surface area contributed by atoms with E-state index in [-0.39, 0.29) is 5.54 Å². The Hall–Kier alpha value is -1.55. The van der Waals surface area contributed by atoms with Crippen LogP contribution in [0.1, 0.15) is 26.2 Å². The van der Waals surface area contributed by atoms with Crippen LogP contribution in [0.25, 0.3) is 11.1 Å². The second kappa shape index (κ2) is 4.37. The molecule has 1 aromatic carbocycles. The lowest BCUT2D eigenvalue weighted by Crippen LogP contribution is -2.33. The Morgan fingerprint density at radius 3 is 2.88 bits per heavy atom. The van der Waals surface area contributed by atoms with Crippen molar-refractivity contribution >= 4 is 16.8 Å². The molecule has 3 N–H and O–H groups in total. The second-order valence-corrected chi connectivity index (χ2v) is 4.96. The van der Waals surface area contributed by atoms with E-state index >= 15 is 0 Å². The molecule has 0 fully saturated rings. The van der Waals surface area contributed by atoms with Gasteiger partial charge in [0.05, 0.1) is 0 Å². The maximum absolute atomic E-state index is 5.59. The SMILES string of the molecule is Cc1nc2cc(NC(C)(C)CCN)ccc2o1. The van der Waals surface area contributed by atoms with Crippen molar-refractivity contribution in [2.75, 3.05) is 11.9 Å². The minimum atomic E-state index is -0.0127.